The second kappa shape index (κ2) is 4.62. The third-order valence-electron chi connectivity index (χ3n) is 3.04. The molecule has 1 fully saturated rings. The summed E-state index contributed by atoms with van der Waals surface area (Å²) < 4.78 is 10.8. The molecule has 17 heavy (non-hydrogen) atoms. The summed E-state index contributed by atoms with van der Waals surface area (Å²) in [4.78, 5) is 1.09. The van der Waals surface area contributed by atoms with Crippen molar-refractivity contribution in [2.75, 3.05) is 25.7 Å². The predicted octanol–water partition coefficient (Wildman–Crippen LogP) is -0.823. The molecule has 4 N–H and O–H groups in total. The van der Waals surface area contributed by atoms with Gasteiger partial charge in [0.15, 0.2) is 5.49 Å². The molecule has 0 bridgehead atoms. The highest BCUT2D eigenvalue weighted by atomic mass is 16.5. The van der Waals surface area contributed by atoms with E-state index in [1.165, 1.54) is 0 Å². The highest BCUT2D eigenvalue weighted by Crippen LogP contribution is 2.31. The van der Waals surface area contributed by atoms with Crippen LogP contribution < -0.4 is 21.9 Å². The quantitative estimate of drug-likeness (QED) is 0.528. The number of nitrogens with two attached hydrogens (primary N) is 2. The number of nitrogen functional groups attached to an aromatic ring is 1. The number of hydrogen-bond acceptors (Lipinski definition) is 6. The minimum absolute atomic E-state index is 0.123. The van der Waals surface area contributed by atoms with Crippen LogP contribution in [0.2, 0.25) is 0 Å². The summed E-state index contributed by atoms with van der Waals surface area (Å²) in [5, 5.41) is 7.46. The van der Waals surface area contributed by atoms with Crippen molar-refractivity contribution in [3.8, 4) is 5.88 Å². The van der Waals surface area contributed by atoms with Crippen LogP contribution in [-0.2, 0) is 4.74 Å². The normalized spacial score (nSPS) is 18.8. The summed E-state index contributed by atoms with van der Waals surface area (Å²) in [7, 11) is 0. The summed E-state index contributed by atoms with van der Waals surface area (Å²) in [6, 6.07) is 3.34. The molecular weight excluding hydrogens is 222 g/mol. The zero-order chi connectivity index (χ0) is 12.3. The third kappa shape index (κ3) is 2.33. The molecule has 7 nitrogen and oxygen atoms in total. The van der Waals surface area contributed by atoms with Gasteiger partial charge in [0.25, 0.3) is 0 Å². The molecule has 1 aromatic rings. The molecule has 1 aliphatic rings. The molecule has 1 aromatic heterocycles. The Kier molecular flexibility index (Phi) is 3.19. The number of hydrogen-bond donors (Lipinski definition) is 2. The molecule has 0 saturated carbocycles. The molecule has 0 radical (unpaired) electrons. The Morgan fingerprint density at radius 2 is 2.35 bits per heavy atom. The molecule has 0 atom stereocenters. The SMILES string of the molecule is CCC1(COc2cc/c(=N/N)n(N)n2)COC1. The van der Waals surface area contributed by atoms with Crippen molar-refractivity contribution in [2.45, 2.75) is 13.3 Å². The van der Waals surface area contributed by atoms with Crippen LogP contribution in [0.3, 0.4) is 0 Å². The van der Waals surface area contributed by atoms with Crippen molar-refractivity contribution < 1.29 is 9.47 Å². The molecule has 1 aliphatic heterocycles. The Hall–Kier alpha value is -1.76. The highest BCUT2D eigenvalue weighted by molar-refractivity contribution is 5.06. The van der Waals surface area contributed by atoms with E-state index in [1.807, 2.05) is 0 Å². The van der Waals surface area contributed by atoms with E-state index in [4.69, 9.17) is 21.2 Å². The van der Waals surface area contributed by atoms with E-state index in [0.29, 0.717) is 18.0 Å². The summed E-state index contributed by atoms with van der Waals surface area (Å²) >= 11 is 0. The van der Waals surface area contributed by atoms with Crippen LogP contribution in [0.15, 0.2) is 17.2 Å². The molecule has 0 aliphatic carbocycles. The van der Waals surface area contributed by atoms with E-state index in [2.05, 4.69) is 17.1 Å². The van der Waals surface area contributed by atoms with E-state index >= 15 is 0 Å². The first-order chi connectivity index (χ1) is 8.19. The lowest BCUT2D eigenvalue weighted by Gasteiger charge is -2.40. The molecule has 7 heteroatoms. The molecule has 2 rings (SSSR count). The average Bonchev–Trinajstić information content (AvgIpc) is 2.28. The van der Waals surface area contributed by atoms with E-state index in [1.54, 1.807) is 12.1 Å². The standard InChI is InChI=1S/C10H17N5O2/c1-2-10(5-16-6-10)7-17-9-4-3-8(13-11)15(12)14-9/h3-4H,2,5-7,11-12H2,1H3/b13-8-. The highest BCUT2D eigenvalue weighted by Gasteiger charge is 2.37. The van der Waals surface area contributed by atoms with Gasteiger partial charge in [0.05, 0.1) is 18.6 Å². The zero-order valence-electron chi connectivity index (χ0n) is 9.80. The lowest BCUT2D eigenvalue weighted by Crippen LogP contribution is -2.46. The maximum atomic E-state index is 5.61. The molecular formula is C10H17N5O2. The predicted molar refractivity (Wildman–Crippen MR) is 61.2 cm³/mol. The van der Waals surface area contributed by atoms with Crippen molar-refractivity contribution in [3.63, 3.8) is 0 Å². The monoisotopic (exact) mass is 239 g/mol. The topological polar surface area (TPSA) is 101 Å². The summed E-state index contributed by atoms with van der Waals surface area (Å²) in [5.41, 5.74) is 0.507. The molecule has 0 amide bonds. The van der Waals surface area contributed by atoms with Crippen LogP contribution in [0.4, 0.5) is 0 Å². The molecule has 0 unspecified atom stereocenters. The van der Waals surface area contributed by atoms with Gasteiger partial charge in [-0.1, -0.05) is 6.92 Å². The van der Waals surface area contributed by atoms with Crippen molar-refractivity contribution >= 4 is 0 Å². The Labute approximate surface area is 99.0 Å². The molecule has 0 spiro atoms. The largest absolute Gasteiger partial charge is 0.476 e. The van der Waals surface area contributed by atoms with Gasteiger partial charge in [0, 0.05) is 6.07 Å². The van der Waals surface area contributed by atoms with Crippen LogP contribution >= 0.6 is 0 Å². The second-order valence-electron chi connectivity index (χ2n) is 4.24. The molecule has 2 heterocycles. The van der Waals surface area contributed by atoms with E-state index in [9.17, 15) is 0 Å². The fraction of sp³-hybridized carbons (Fsp3) is 0.600. The van der Waals surface area contributed by atoms with E-state index in [-0.39, 0.29) is 5.41 Å². The summed E-state index contributed by atoms with van der Waals surface area (Å²) in [6.07, 6.45) is 1.02. The van der Waals surface area contributed by atoms with Crippen LogP contribution in [0, 0.1) is 5.41 Å². The van der Waals surface area contributed by atoms with Crippen LogP contribution in [-0.4, -0.2) is 29.7 Å². The Balaban J connectivity index is 2.02. The van der Waals surface area contributed by atoms with Gasteiger partial charge in [-0.15, -0.1) is 5.10 Å². The van der Waals surface area contributed by atoms with Crippen molar-refractivity contribution in [2.24, 2.45) is 16.4 Å². The first-order valence-corrected chi connectivity index (χ1v) is 5.49. The number of ether oxygens (including phenoxy) is 2. The van der Waals surface area contributed by atoms with Gasteiger partial charge in [0.1, 0.15) is 6.61 Å². The Morgan fingerprint density at radius 1 is 1.59 bits per heavy atom. The minimum atomic E-state index is 0.123. The van der Waals surface area contributed by atoms with Gasteiger partial charge in [-0.2, -0.15) is 9.89 Å². The lowest BCUT2D eigenvalue weighted by atomic mass is 9.84. The van der Waals surface area contributed by atoms with Gasteiger partial charge in [-0.05, 0) is 12.5 Å². The second-order valence-corrected chi connectivity index (χ2v) is 4.24. The zero-order valence-corrected chi connectivity index (χ0v) is 9.80. The lowest BCUT2D eigenvalue weighted by molar-refractivity contribution is -0.134. The Morgan fingerprint density at radius 3 is 2.82 bits per heavy atom. The first kappa shape index (κ1) is 11.7. The van der Waals surface area contributed by atoms with Crippen molar-refractivity contribution in [1.82, 2.24) is 9.89 Å². The molecule has 1 saturated heterocycles. The fourth-order valence-corrected chi connectivity index (χ4v) is 1.60. The average molecular weight is 239 g/mol. The van der Waals surface area contributed by atoms with Gasteiger partial charge < -0.3 is 21.2 Å². The summed E-state index contributed by atoms with van der Waals surface area (Å²) in [5.74, 6) is 11.2. The fourth-order valence-electron chi connectivity index (χ4n) is 1.60. The smallest absolute Gasteiger partial charge is 0.233 e. The van der Waals surface area contributed by atoms with Gasteiger partial charge >= 0.3 is 0 Å². The molecule has 94 valence electrons. The van der Waals surface area contributed by atoms with Crippen LogP contribution in [0.25, 0.3) is 0 Å². The minimum Gasteiger partial charge on any atom is -0.476 e. The van der Waals surface area contributed by atoms with Gasteiger partial charge in [-0.25, -0.2) is 0 Å². The van der Waals surface area contributed by atoms with Gasteiger partial charge in [0.2, 0.25) is 5.88 Å². The van der Waals surface area contributed by atoms with Crippen molar-refractivity contribution in [3.05, 3.63) is 17.6 Å². The maximum absolute atomic E-state index is 5.61. The van der Waals surface area contributed by atoms with Crippen molar-refractivity contribution in [1.29, 1.82) is 0 Å². The van der Waals surface area contributed by atoms with E-state index < -0.39 is 0 Å². The number of rotatable bonds is 4. The molecule has 0 aromatic carbocycles. The van der Waals surface area contributed by atoms with Crippen LogP contribution in [0.5, 0.6) is 5.88 Å². The maximum Gasteiger partial charge on any atom is 0.233 e. The summed E-state index contributed by atoms with van der Waals surface area (Å²) in [6.45, 7) is 4.18. The Bertz CT molecular complexity index is 447. The first-order valence-electron chi connectivity index (χ1n) is 5.49. The number of nitrogens with zero attached hydrogens (tertiary/aromatic N) is 3. The number of aromatic nitrogens is 2. The van der Waals surface area contributed by atoms with E-state index in [0.717, 1.165) is 24.4 Å². The van der Waals surface area contributed by atoms with Gasteiger partial charge in [-0.3, -0.25) is 0 Å². The van der Waals surface area contributed by atoms with Crippen LogP contribution in [0.1, 0.15) is 13.3 Å². The third-order valence-corrected chi connectivity index (χ3v) is 3.04.